The standard InChI is InChI=1S/C23H21NO4/c1-24-20-13-16(26-2)9-11-18(20)22(19-12-10-17(27-3)14-21(19)24)23(25)28-15-7-5-4-6-8-15/h4-14,22H,1-3H3. The highest BCUT2D eigenvalue weighted by Gasteiger charge is 2.35. The van der Waals surface area contributed by atoms with Crippen molar-refractivity contribution in [2.24, 2.45) is 0 Å². The predicted octanol–water partition coefficient (Wildman–Crippen LogP) is 4.52. The molecule has 5 nitrogen and oxygen atoms in total. The molecule has 3 aromatic rings. The number of nitrogens with zero attached hydrogens (tertiary/aromatic N) is 1. The number of carbonyl (C=O) groups is 1. The van der Waals surface area contributed by atoms with Crippen LogP contribution in [0.1, 0.15) is 17.0 Å². The second kappa shape index (κ2) is 7.27. The van der Waals surface area contributed by atoms with E-state index in [4.69, 9.17) is 14.2 Å². The molecule has 1 aliphatic heterocycles. The molecule has 5 heteroatoms. The first kappa shape index (κ1) is 17.9. The third kappa shape index (κ3) is 3.05. The molecule has 0 unspecified atom stereocenters. The van der Waals surface area contributed by atoms with Gasteiger partial charge in [0.25, 0.3) is 0 Å². The minimum atomic E-state index is -0.543. The lowest BCUT2D eigenvalue weighted by molar-refractivity contribution is -0.135. The number of benzene rings is 3. The quantitative estimate of drug-likeness (QED) is 0.496. The maximum atomic E-state index is 13.2. The van der Waals surface area contributed by atoms with Gasteiger partial charge in [-0.2, -0.15) is 0 Å². The van der Waals surface area contributed by atoms with Gasteiger partial charge in [-0.25, -0.2) is 0 Å². The second-order valence-electron chi connectivity index (χ2n) is 6.58. The van der Waals surface area contributed by atoms with Gasteiger partial charge in [0, 0.05) is 30.6 Å². The Labute approximate surface area is 164 Å². The van der Waals surface area contributed by atoms with Crippen molar-refractivity contribution in [1.82, 2.24) is 0 Å². The van der Waals surface area contributed by atoms with Gasteiger partial charge < -0.3 is 19.1 Å². The van der Waals surface area contributed by atoms with Crippen LogP contribution in [0.5, 0.6) is 17.2 Å². The Morgan fingerprint density at radius 2 is 1.32 bits per heavy atom. The fraction of sp³-hybridized carbons (Fsp3) is 0.174. The highest BCUT2D eigenvalue weighted by molar-refractivity contribution is 5.92. The zero-order chi connectivity index (χ0) is 19.7. The van der Waals surface area contributed by atoms with E-state index in [-0.39, 0.29) is 5.97 Å². The minimum absolute atomic E-state index is 0.322. The van der Waals surface area contributed by atoms with Crippen LogP contribution in [0.4, 0.5) is 11.4 Å². The minimum Gasteiger partial charge on any atom is -0.497 e. The van der Waals surface area contributed by atoms with Crippen molar-refractivity contribution in [2.75, 3.05) is 26.2 Å². The second-order valence-corrected chi connectivity index (χ2v) is 6.58. The van der Waals surface area contributed by atoms with Crippen molar-refractivity contribution in [1.29, 1.82) is 0 Å². The number of hydrogen-bond donors (Lipinski definition) is 0. The summed E-state index contributed by atoms with van der Waals surface area (Å²) in [5, 5.41) is 0. The van der Waals surface area contributed by atoms with Crippen molar-refractivity contribution >= 4 is 17.3 Å². The predicted molar refractivity (Wildman–Crippen MR) is 108 cm³/mol. The van der Waals surface area contributed by atoms with Crippen LogP contribution in [0.2, 0.25) is 0 Å². The molecule has 0 radical (unpaired) electrons. The van der Waals surface area contributed by atoms with Crippen molar-refractivity contribution in [3.05, 3.63) is 77.9 Å². The number of ether oxygens (including phenoxy) is 3. The molecule has 0 saturated carbocycles. The first-order chi connectivity index (χ1) is 13.6. The molecule has 0 fully saturated rings. The summed E-state index contributed by atoms with van der Waals surface area (Å²) in [7, 11) is 5.22. The molecule has 0 bridgehead atoms. The van der Waals surface area contributed by atoms with Gasteiger partial charge in [0.05, 0.1) is 14.2 Å². The summed E-state index contributed by atoms with van der Waals surface area (Å²) in [6.07, 6.45) is 0. The average molecular weight is 375 g/mol. The number of para-hydroxylation sites is 1. The normalized spacial score (nSPS) is 12.8. The molecule has 28 heavy (non-hydrogen) atoms. The van der Waals surface area contributed by atoms with E-state index < -0.39 is 5.92 Å². The molecule has 4 rings (SSSR count). The van der Waals surface area contributed by atoms with E-state index in [2.05, 4.69) is 0 Å². The Morgan fingerprint density at radius 1 is 0.786 bits per heavy atom. The molecule has 0 saturated heterocycles. The molecule has 0 aromatic heterocycles. The molecular weight excluding hydrogens is 354 g/mol. The van der Waals surface area contributed by atoms with Crippen molar-refractivity contribution < 1.29 is 19.0 Å². The molecule has 142 valence electrons. The van der Waals surface area contributed by atoms with Crippen LogP contribution in [0.25, 0.3) is 0 Å². The third-order valence-electron chi connectivity index (χ3n) is 5.02. The van der Waals surface area contributed by atoms with Gasteiger partial charge in [0.1, 0.15) is 23.2 Å². The Kier molecular flexibility index (Phi) is 4.65. The van der Waals surface area contributed by atoms with E-state index in [0.717, 1.165) is 34.0 Å². The molecule has 1 heterocycles. The highest BCUT2D eigenvalue weighted by Crippen LogP contribution is 2.47. The lowest BCUT2D eigenvalue weighted by Crippen LogP contribution is -2.28. The highest BCUT2D eigenvalue weighted by atomic mass is 16.5. The largest absolute Gasteiger partial charge is 0.497 e. The van der Waals surface area contributed by atoms with Crippen LogP contribution in [-0.4, -0.2) is 27.2 Å². The van der Waals surface area contributed by atoms with E-state index in [1.807, 2.05) is 66.5 Å². The fourth-order valence-corrected chi connectivity index (χ4v) is 3.58. The zero-order valence-electron chi connectivity index (χ0n) is 16.0. The van der Waals surface area contributed by atoms with Gasteiger partial charge in [0.15, 0.2) is 0 Å². The molecule has 0 aliphatic carbocycles. The van der Waals surface area contributed by atoms with Gasteiger partial charge in [-0.05, 0) is 35.4 Å². The third-order valence-corrected chi connectivity index (χ3v) is 5.02. The molecule has 1 aliphatic rings. The number of fused-ring (bicyclic) bond motifs is 2. The summed E-state index contributed by atoms with van der Waals surface area (Å²) >= 11 is 0. The van der Waals surface area contributed by atoms with E-state index in [0.29, 0.717) is 5.75 Å². The van der Waals surface area contributed by atoms with Crippen LogP contribution in [0.3, 0.4) is 0 Å². The van der Waals surface area contributed by atoms with Crippen molar-refractivity contribution in [2.45, 2.75) is 5.92 Å². The first-order valence-electron chi connectivity index (χ1n) is 8.98. The number of esters is 1. The van der Waals surface area contributed by atoms with Crippen LogP contribution in [0, 0.1) is 0 Å². The van der Waals surface area contributed by atoms with Crippen LogP contribution in [-0.2, 0) is 4.79 Å². The van der Waals surface area contributed by atoms with Gasteiger partial charge >= 0.3 is 5.97 Å². The van der Waals surface area contributed by atoms with E-state index >= 15 is 0 Å². The summed E-state index contributed by atoms with van der Waals surface area (Å²) in [4.78, 5) is 15.2. The van der Waals surface area contributed by atoms with E-state index in [9.17, 15) is 4.79 Å². The van der Waals surface area contributed by atoms with E-state index in [1.54, 1.807) is 26.4 Å². The lowest BCUT2D eigenvalue weighted by Gasteiger charge is -2.34. The summed E-state index contributed by atoms with van der Waals surface area (Å²) in [5.74, 6) is 1.12. The Balaban J connectivity index is 1.83. The molecule has 3 aromatic carbocycles. The summed E-state index contributed by atoms with van der Waals surface area (Å²) in [5.41, 5.74) is 3.55. The summed E-state index contributed by atoms with van der Waals surface area (Å²) in [6, 6.07) is 20.6. The summed E-state index contributed by atoms with van der Waals surface area (Å²) in [6.45, 7) is 0. The lowest BCUT2D eigenvalue weighted by atomic mass is 9.85. The number of anilines is 2. The number of carbonyl (C=O) groups excluding carboxylic acids is 1. The Morgan fingerprint density at radius 3 is 1.82 bits per heavy atom. The van der Waals surface area contributed by atoms with Gasteiger partial charge in [-0.3, -0.25) is 4.79 Å². The molecule has 0 amide bonds. The molecule has 0 N–H and O–H groups in total. The van der Waals surface area contributed by atoms with Crippen molar-refractivity contribution in [3.63, 3.8) is 0 Å². The monoisotopic (exact) mass is 375 g/mol. The van der Waals surface area contributed by atoms with Gasteiger partial charge in [-0.1, -0.05) is 30.3 Å². The number of methoxy groups -OCH3 is 2. The molecule has 0 atom stereocenters. The number of hydrogen-bond acceptors (Lipinski definition) is 5. The van der Waals surface area contributed by atoms with Crippen molar-refractivity contribution in [3.8, 4) is 17.2 Å². The van der Waals surface area contributed by atoms with Gasteiger partial charge in [0.2, 0.25) is 0 Å². The maximum Gasteiger partial charge on any atom is 0.323 e. The van der Waals surface area contributed by atoms with Crippen LogP contribution < -0.4 is 19.1 Å². The zero-order valence-corrected chi connectivity index (χ0v) is 16.0. The van der Waals surface area contributed by atoms with E-state index in [1.165, 1.54) is 0 Å². The fourth-order valence-electron chi connectivity index (χ4n) is 3.58. The first-order valence-corrected chi connectivity index (χ1v) is 8.98. The summed E-state index contributed by atoms with van der Waals surface area (Å²) < 4.78 is 16.5. The smallest absolute Gasteiger partial charge is 0.323 e. The SMILES string of the molecule is COc1ccc2c(c1)N(C)c1cc(OC)ccc1C2C(=O)Oc1ccccc1. The molecular formula is C23H21NO4. The molecule has 0 spiro atoms. The van der Waals surface area contributed by atoms with Crippen LogP contribution >= 0.6 is 0 Å². The Hall–Kier alpha value is -3.47. The maximum absolute atomic E-state index is 13.2. The number of rotatable bonds is 4. The Bertz CT molecular complexity index is 961. The average Bonchev–Trinajstić information content (AvgIpc) is 2.74. The topological polar surface area (TPSA) is 48.0 Å². The van der Waals surface area contributed by atoms with Gasteiger partial charge in [-0.15, -0.1) is 0 Å². The van der Waals surface area contributed by atoms with Crippen LogP contribution in [0.15, 0.2) is 66.7 Å².